The first kappa shape index (κ1) is 24.8. The smallest absolute Gasteiger partial charge is 0.305 e. The summed E-state index contributed by atoms with van der Waals surface area (Å²) < 4.78 is 15.7. The van der Waals surface area contributed by atoms with Gasteiger partial charge in [-0.05, 0) is 0 Å². The van der Waals surface area contributed by atoms with E-state index in [4.69, 9.17) is 29.5 Å². The summed E-state index contributed by atoms with van der Waals surface area (Å²) in [6.45, 7) is 0.117. The Morgan fingerprint density at radius 2 is 0.958 bits per heavy atom. The molecular formula is C13H24ClNO9. The SMILES string of the molecule is [Cl-].[NH3+]C(COCCC(=O)O)(COCCC(=O)O)COCCC(=O)O. The lowest BCUT2D eigenvalue weighted by molar-refractivity contribution is -0.499. The van der Waals surface area contributed by atoms with Crippen molar-refractivity contribution in [2.45, 2.75) is 24.8 Å². The van der Waals surface area contributed by atoms with E-state index in [1.165, 1.54) is 0 Å². The van der Waals surface area contributed by atoms with Gasteiger partial charge < -0.3 is 47.7 Å². The van der Waals surface area contributed by atoms with E-state index in [2.05, 4.69) is 5.73 Å². The Labute approximate surface area is 145 Å². The Kier molecular flexibility index (Phi) is 14.4. The fourth-order valence-corrected chi connectivity index (χ4v) is 1.47. The van der Waals surface area contributed by atoms with Crippen LogP contribution in [0.2, 0.25) is 0 Å². The third-order valence-corrected chi connectivity index (χ3v) is 2.61. The lowest BCUT2D eigenvalue weighted by Gasteiger charge is -2.25. The molecule has 0 saturated heterocycles. The van der Waals surface area contributed by atoms with Gasteiger partial charge in [0, 0.05) is 0 Å². The van der Waals surface area contributed by atoms with E-state index in [0.29, 0.717) is 0 Å². The van der Waals surface area contributed by atoms with Gasteiger partial charge in [-0.15, -0.1) is 0 Å². The molecule has 0 saturated carbocycles. The molecule has 24 heavy (non-hydrogen) atoms. The molecule has 0 fully saturated rings. The highest BCUT2D eigenvalue weighted by Gasteiger charge is 2.31. The van der Waals surface area contributed by atoms with Crippen molar-refractivity contribution < 1.29 is 62.1 Å². The molecule has 10 nitrogen and oxygen atoms in total. The van der Waals surface area contributed by atoms with Crippen LogP contribution in [0.25, 0.3) is 0 Å². The third kappa shape index (κ3) is 15.4. The highest BCUT2D eigenvalue weighted by Crippen LogP contribution is 2.04. The minimum Gasteiger partial charge on any atom is -1.00 e. The molecule has 6 N–H and O–H groups in total. The van der Waals surface area contributed by atoms with Crippen molar-refractivity contribution >= 4 is 17.9 Å². The van der Waals surface area contributed by atoms with Crippen molar-refractivity contribution in [1.82, 2.24) is 0 Å². The average molecular weight is 374 g/mol. The first-order valence-corrected chi connectivity index (χ1v) is 6.99. The number of carbonyl (C=O) groups is 3. The van der Waals surface area contributed by atoms with Crippen LogP contribution < -0.4 is 18.1 Å². The number of quaternary nitrogens is 1. The number of aliphatic carboxylic acids is 3. The van der Waals surface area contributed by atoms with Crippen molar-refractivity contribution in [3.63, 3.8) is 0 Å². The molecule has 0 aromatic heterocycles. The second-order valence-corrected chi connectivity index (χ2v) is 5.09. The van der Waals surface area contributed by atoms with Gasteiger partial charge >= 0.3 is 17.9 Å². The Bertz CT molecular complexity index is 337. The van der Waals surface area contributed by atoms with E-state index in [0.717, 1.165) is 0 Å². The van der Waals surface area contributed by atoms with E-state index in [1.807, 2.05) is 0 Å². The summed E-state index contributed by atoms with van der Waals surface area (Å²) in [5.41, 5.74) is 3.02. The lowest BCUT2D eigenvalue weighted by atomic mass is 10.1. The van der Waals surface area contributed by atoms with Gasteiger partial charge in [0.05, 0.1) is 39.1 Å². The number of carboxylic acids is 3. The molecule has 0 rings (SSSR count). The summed E-state index contributed by atoms with van der Waals surface area (Å²) in [4.78, 5) is 31.3. The molecule has 0 aromatic carbocycles. The van der Waals surface area contributed by atoms with Crippen LogP contribution in [0.15, 0.2) is 0 Å². The minimum atomic E-state index is -0.991. The second kappa shape index (κ2) is 13.9. The van der Waals surface area contributed by atoms with Gasteiger partial charge in [0.1, 0.15) is 19.8 Å². The van der Waals surface area contributed by atoms with Crippen LogP contribution in [0.5, 0.6) is 0 Å². The number of ether oxygens (including phenoxy) is 3. The summed E-state index contributed by atoms with van der Waals surface area (Å²) in [6, 6.07) is 0. The number of halogens is 1. The molecule has 0 spiro atoms. The summed E-state index contributed by atoms with van der Waals surface area (Å²) in [7, 11) is 0. The quantitative estimate of drug-likeness (QED) is 0.206. The molecule has 11 heteroatoms. The minimum absolute atomic E-state index is 0. The van der Waals surface area contributed by atoms with Crippen LogP contribution >= 0.6 is 0 Å². The second-order valence-electron chi connectivity index (χ2n) is 5.09. The van der Waals surface area contributed by atoms with Crippen LogP contribution in [0.3, 0.4) is 0 Å². The van der Waals surface area contributed by atoms with Crippen molar-refractivity contribution in [3.05, 3.63) is 0 Å². The Morgan fingerprint density at radius 1 is 0.708 bits per heavy atom. The van der Waals surface area contributed by atoms with E-state index in [-0.39, 0.29) is 71.3 Å². The first-order valence-electron chi connectivity index (χ1n) is 6.99. The number of rotatable bonds is 15. The Hall–Kier alpha value is -1.46. The molecule has 0 aliphatic heterocycles. The standard InChI is InChI=1S/C13H23NO9.ClH/c14-13(7-21-4-1-10(15)16,8-22-5-2-11(17)18)9-23-6-3-12(19)20;/h1-9,14H2,(H,15,16)(H,17,18)(H,19,20);1H. The van der Waals surface area contributed by atoms with E-state index in [1.54, 1.807) is 0 Å². The summed E-state index contributed by atoms with van der Waals surface area (Å²) in [6.07, 6.45) is -0.471. The lowest BCUT2D eigenvalue weighted by Crippen LogP contribution is -3.00. The zero-order chi connectivity index (χ0) is 17.7. The molecule has 142 valence electrons. The molecule has 0 unspecified atom stereocenters. The van der Waals surface area contributed by atoms with Gasteiger partial charge in [-0.25, -0.2) is 0 Å². The van der Waals surface area contributed by atoms with Crippen molar-refractivity contribution in [2.75, 3.05) is 39.6 Å². The van der Waals surface area contributed by atoms with Gasteiger partial charge in [-0.2, -0.15) is 0 Å². The number of hydrogen-bond donors (Lipinski definition) is 4. The molecule has 0 heterocycles. The topological polar surface area (TPSA) is 167 Å². The molecule has 0 aromatic rings. The van der Waals surface area contributed by atoms with E-state index in [9.17, 15) is 14.4 Å². The fourth-order valence-electron chi connectivity index (χ4n) is 1.47. The van der Waals surface area contributed by atoms with Crippen molar-refractivity contribution in [1.29, 1.82) is 0 Å². The molecule has 0 atom stereocenters. The Morgan fingerprint density at radius 3 is 1.17 bits per heavy atom. The maximum atomic E-state index is 10.4. The molecule has 0 radical (unpaired) electrons. The normalized spacial score (nSPS) is 10.9. The van der Waals surface area contributed by atoms with Crippen LogP contribution in [-0.4, -0.2) is 78.4 Å². The monoisotopic (exact) mass is 373 g/mol. The fraction of sp³-hybridized carbons (Fsp3) is 0.769. The molecule has 0 bridgehead atoms. The Balaban J connectivity index is 0. The van der Waals surface area contributed by atoms with Crippen LogP contribution in [0, 0.1) is 0 Å². The molecular weight excluding hydrogens is 350 g/mol. The van der Waals surface area contributed by atoms with Gasteiger partial charge in [0.15, 0.2) is 5.54 Å². The molecule has 0 aliphatic rings. The van der Waals surface area contributed by atoms with Crippen molar-refractivity contribution in [3.8, 4) is 0 Å². The summed E-state index contributed by atoms with van der Waals surface area (Å²) >= 11 is 0. The maximum Gasteiger partial charge on any atom is 0.305 e. The first-order chi connectivity index (χ1) is 10.7. The van der Waals surface area contributed by atoms with Gasteiger partial charge in [0.2, 0.25) is 0 Å². The summed E-state index contributed by atoms with van der Waals surface area (Å²) in [5, 5.41) is 25.6. The molecule has 0 aliphatic carbocycles. The van der Waals surface area contributed by atoms with E-state index >= 15 is 0 Å². The predicted octanol–water partition coefficient (Wildman–Crippen LogP) is -4.55. The van der Waals surface area contributed by atoms with Crippen molar-refractivity contribution in [2.24, 2.45) is 0 Å². The van der Waals surface area contributed by atoms with Crippen LogP contribution in [0.4, 0.5) is 0 Å². The largest absolute Gasteiger partial charge is 1.00 e. The van der Waals surface area contributed by atoms with Crippen LogP contribution in [0.1, 0.15) is 19.3 Å². The maximum absolute atomic E-state index is 10.4. The van der Waals surface area contributed by atoms with Crippen LogP contribution in [-0.2, 0) is 28.6 Å². The van der Waals surface area contributed by atoms with Gasteiger partial charge in [0.25, 0.3) is 0 Å². The highest BCUT2D eigenvalue weighted by molar-refractivity contribution is 5.67. The summed E-state index contributed by atoms with van der Waals surface area (Å²) in [5.74, 6) is -2.97. The van der Waals surface area contributed by atoms with Gasteiger partial charge in [-0.1, -0.05) is 0 Å². The predicted molar refractivity (Wildman–Crippen MR) is 74.8 cm³/mol. The van der Waals surface area contributed by atoms with Gasteiger partial charge in [-0.3, -0.25) is 14.4 Å². The number of hydrogen-bond acceptors (Lipinski definition) is 6. The zero-order valence-corrected chi connectivity index (χ0v) is 14.0. The zero-order valence-electron chi connectivity index (χ0n) is 13.2. The highest BCUT2D eigenvalue weighted by atomic mass is 35.5. The van der Waals surface area contributed by atoms with E-state index < -0.39 is 23.4 Å². The third-order valence-electron chi connectivity index (χ3n) is 2.61. The number of carboxylic acid groups (broad SMARTS) is 3. The molecule has 0 amide bonds. The average Bonchev–Trinajstić information content (AvgIpc) is 2.44.